The first-order valence-corrected chi connectivity index (χ1v) is 19.2. The van der Waals surface area contributed by atoms with Crippen LogP contribution in [-0.4, -0.2) is 68.5 Å². The highest BCUT2D eigenvalue weighted by Crippen LogP contribution is 2.16. The van der Waals surface area contributed by atoms with Crippen molar-refractivity contribution in [2.45, 2.75) is 218 Å². The van der Waals surface area contributed by atoms with E-state index >= 15 is 0 Å². The summed E-state index contributed by atoms with van der Waals surface area (Å²) in [6.07, 6.45) is 29.7. The van der Waals surface area contributed by atoms with Crippen molar-refractivity contribution in [1.82, 2.24) is 5.32 Å². The van der Waals surface area contributed by atoms with Crippen LogP contribution in [0.4, 0.5) is 0 Å². The van der Waals surface area contributed by atoms with Gasteiger partial charge in [-0.2, -0.15) is 0 Å². The predicted molar refractivity (Wildman–Crippen MR) is 188 cm³/mol. The van der Waals surface area contributed by atoms with Crippen molar-refractivity contribution < 1.29 is 30.3 Å². The molecule has 0 aromatic carbocycles. The maximum absolute atomic E-state index is 12.5. The van der Waals surface area contributed by atoms with Crippen LogP contribution in [0.3, 0.4) is 0 Å². The fourth-order valence-corrected chi connectivity index (χ4v) is 5.90. The van der Waals surface area contributed by atoms with Crippen LogP contribution in [0.15, 0.2) is 12.2 Å². The Morgan fingerprint density at radius 2 is 0.889 bits per heavy atom. The van der Waals surface area contributed by atoms with E-state index in [4.69, 9.17) is 0 Å². The molecule has 0 aromatic heterocycles. The van der Waals surface area contributed by atoms with Gasteiger partial charge in [0, 0.05) is 0 Å². The smallest absolute Gasteiger partial charge is 0.251 e. The van der Waals surface area contributed by atoms with Crippen molar-refractivity contribution in [3.05, 3.63) is 12.2 Å². The minimum Gasteiger partial charge on any atom is -0.394 e. The van der Waals surface area contributed by atoms with Gasteiger partial charge in [0.05, 0.1) is 24.9 Å². The number of aliphatic hydroxyl groups is 5. The van der Waals surface area contributed by atoms with Crippen LogP contribution in [0.5, 0.6) is 0 Å². The van der Waals surface area contributed by atoms with E-state index in [1.54, 1.807) is 0 Å². The van der Waals surface area contributed by atoms with E-state index in [2.05, 4.69) is 31.3 Å². The maximum Gasteiger partial charge on any atom is 0.251 e. The molecule has 0 fully saturated rings. The number of rotatable bonds is 34. The monoisotopic (exact) mass is 642 g/mol. The summed E-state index contributed by atoms with van der Waals surface area (Å²) in [5, 5.41) is 53.6. The Morgan fingerprint density at radius 1 is 0.533 bits per heavy atom. The van der Waals surface area contributed by atoms with Gasteiger partial charge in [-0.25, -0.2) is 0 Å². The third kappa shape index (κ3) is 26.7. The van der Waals surface area contributed by atoms with Crippen molar-refractivity contribution >= 4 is 5.91 Å². The number of hydrogen-bond donors (Lipinski definition) is 6. The zero-order valence-corrected chi connectivity index (χ0v) is 29.5. The molecule has 0 radical (unpaired) electrons. The third-order valence-electron chi connectivity index (χ3n) is 9.08. The Morgan fingerprint density at radius 3 is 1.29 bits per heavy atom. The third-order valence-corrected chi connectivity index (χ3v) is 9.08. The minimum atomic E-state index is -1.64. The van der Waals surface area contributed by atoms with Crippen LogP contribution in [0.2, 0.25) is 0 Å². The number of aliphatic hydroxyl groups excluding tert-OH is 5. The zero-order chi connectivity index (χ0) is 33.4. The number of carbonyl (C=O) groups is 1. The highest BCUT2D eigenvalue weighted by Gasteiger charge is 2.31. The van der Waals surface area contributed by atoms with Crippen molar-refractivity contribution in [1.29, 1.82) is 0 Å². The molecule has 0 rings (SSSR count). The van der Waals surface area contributed by atoms with E-state index in [1.807, 2.05) is 0 Å². The second-order valence-corrected chi connectivity index (χ2v) is 13.4. The van der Waals surface area contributed by atoms with Gasteiger partial charge in [0.15, 0.2) is 6.10 Å². The quantitative estimate of drug-likeness (QED) is 0.0312. The Balaban J connectivity index is 3.94. The van der Waals surface area contributed by atoms with Gasteiger partial charge in [0.1, 0.15) is 6.10 Å². The lowest BCUT2D eigenvalue weighted by atomic mass is 9.98. The molecule has 0 aromatic rings. The summed E-state index contributed by atoms with van der Waals surface area (Å²) in [5.41, 5.74) is 0. The maximum atomic E-state index is 12.5. The molecule has 0 unspecified atom stereocenters. The fourth-order valence-electron chi connectivity index (χ4n) is 5.90. The Hall–Kier alpha value is -0.990. The Bertz CT molecular complexity index is 660. The largest absolute Gasteiger partial charge is 0.394 e. The molecule has 0 heterocycles. The first kappa shape index (κ1) is 44.0. The van der Waals surface area contributed by atoms with Crippen molar-refractivity contribution in [3.8, 4) is 0 Å². The van der Waals surface area contributed by atoms with E-state index in [9.17, 15) is 30.3 Å². The lowest BCUT2D eigenvalue weighted by Gasteiger charge is -2.28. The molecule has 0 aliphatic carbocycles. The average Bonchev–Trinajstić information content (AvgIpc) is 3.04. The van der Waals surface area contributed by atoms with E-state index in [1.165, 1.54) is 109 Å². The highest BCUT2D eigenvalue weighted by molar-refractivity contribution is 5.81. The van der Waals surface area contributed by atoms with Crippen LogP contribution in [0, 0.1) is 0 Å². The number of allylic oxidation sites excluding steroid dienone is 2. The SMILES string of the molecule is CCCCCCC/C=C/CCCCCCCC[C@H](O)[C@H](O)C(=O)N[C@@H](CO)[C@H](O)[C@H](O)CCCCCCCCCCCCCC. The number of nitrogens with one attached hydrogen (secondary N) is 1. The standard InChI is InChI=1S/C38H75NO6/c1-3-5-7-9-11-13-15-17-18-19-21-23-25-27-29-31-35(42)37(44)38(45)39-33(32-40)36(43)34(41)30-28-26-24-22-20-16-14-12-10-8-6-4-2/h15,17,33-37,40-44H,3-14,16,18-32H2,1-2H3,(H,39,45)/b17-15+/t33-,34+,35-,36-,37-/m0/s1. The lowest BCUT2D eigenvalue weighted by molar-refractivity contribution is -0.138. The first-order chi connectivity index (χ1) is 21.9. The van der Waals surface area contributed by atoms with Crippen LogP contribution >= 0.6 is 0 Å². The van der Waals surface area contributed by atoms with Crippen LogP contribution in [0.1, 0.15) is 187 Å². The molecule has 0 saturated carbocycles. The summed E-state index contributed by atoms with van der Waals surface area (Å²) < 4.78 is 0. The average molecular weight is 642 g/mol. The second kappa shape index (κ2) is 32.9. The van der Waals surface area contributed by atoms with Gasteiger partial charge in [-0.3, -0.25) is 4.79 Å². The molecular weight excluding hydrogens is 566 g/mol. The molecule has 268 valence electrons. The van der Waals surface area contributed by atoms with Crippen LogP contribution < -0.4 is 5.32 Å². The molecule has 45 heavy (non-hydrogen) atoms. The van der Waals surface area contributed by atoms with Gasteiger partial charge in [-0.15, -0.1) is 0 Å². The van der Waals surface area contributed by atoms with Gasteiger partial charge < -0.3 is 30.8 Å². The van der Waals surface area contributed by atoms with Crippen molar-refractivity contribution in [2.24, 2.45) is 0 Å². The summed E-state index contributed by atoms with van der Waals surface area (Å²) >= 11 is 0. The summed E-state index contributed by atoms with van der Waals surface area (Å²) in [6, 6.07) is -1.10. The van der Waals surface area contributed by atoms with Gasteiger partial charge in [0.2, 0.25) is 0 Å². The molecular formula is C38H75NO6. The predicted octanol–water partition coefficient (Wildman–Crippen LogP) is 8.04. The normalized spacial score (nSPS) is 15.3. The topological polar surface area (TPSA) is 130 Å². The van der Waals surface area contributed by atoms with Crippen LogP contribution in [0.25, 0.3) is 0 Å². The summed E-state index contributed by atoms with van der Waals surface area (Å²) in [5.74, 6) is -0.841. The first-order valence-electron chi connectivity index (χ1n) is 19.2. The Kier molecular flexibility index (Phi) is 32.2. The second-order valence-electron chi connectivity index (χ2n) is 13.4. The molecule has 0 aliphatic heterocycles. The Labute approximate surface area is 277 Å². The van der Waals surface area contributed by atoms with E-state index in [0.29, 0.717) is 19.3 Å². The van der Waals surface area contributed by atoms with Crippen molar-refractivity contribution in [3.63, 3.8) is 0 Å². The molecule has 0 aliphatic rings. The molecule has 1 amide bonds. The summed E-state index contributed by atoms with van der Waals surface area (Å²) in [7, 11) is 0. The number of hydrogen-bond acceptors (Lipinski definition) is 6. The lowest BCUT2D eigenvalue weighted by Crippen LogP contribution is -2.54. The number of carbonyl (C=O) groups excluding carboxylic acids is 1. The van der Waals surface area contributed by atoms with Crippen LogP contribution in [-0.2, 0) is 4.79 Å². The fraction of sp³-hybridized carbons (Fsp3) is 0.921. The summed E-state index contributed by atoms with van der Waals surface area (Å²) in [4.78, 5) is 12.5. The molecule has 7 nitrogen and oxygen atoms in total. The van der Waals surface area contributed by atoms with Gasteiger partial charge in [-0.05, 0) is 38.5 Å². The van der Waals surface area contributed by atoms with E-state index < -0.39 is 43.0 Å². The van der Waals surface area contributed by atoms with E-state index in [-0.39, 0.29) is 0 Å². The zero-order valence-electron chi connectivity index (χ0n) is 29.5. The number of unbranched alkanes of at least 4 members (excludes halogenated alkanes) is 22. The molecule has 0 bridgehead atoms. The minimum absolute atomic E-state index is 0.309. The molecule has 0 saturated heterocycles. The van der Waals surface area contributed by atoms with Gasteiger partial charge in [0.25, 0.3) is 5.91 Å². The molecule has 6 N–H and O–H groups in total. The molecule has 7 heteroatoms. The molecule has 0 spiro atoms. The molecule has 5 atom stereocenters. The summed E-state index contributed by atoms with van der Waals surface area (Å²) in [6.45, 7) is 3.91. The van der Waals surface area contributed by atoms with Gasteiger partial charge in [-0.1, -0.05) is 161 Å². The van der Waals surface area contributed by atoms with Crippen molar-refractivity contribution in [2.75, 3.05) is 6.61 Å². The number of amides is 1. The van der Waals surface area contributed by atoms with E-state index in [0.717, 1.165) is 44.9 Å². The highest BCUT2D eigenvalue weighted by atomic mass is 16.3. The van der Waals surface area contributed by atoms with Gasteiger partial charge >= 0.3 is 0 Å².